The van der Waals surface area contributed by atoms with Crippen LogP contribution < -0.4 is 0 Å². The van der Waals surface area contributed by atoms with Gasteiger partial charge in [0.1, 0.15) is 11.5 Å². The summed E-state index contributed by atoms with van der Waals surface area (Å²) in [6.07, 6.45) is -0.423. The van der Waals surface area contributed by atoms with E-state index in [1.54, 1.807) is 12.3 Å². The zero-order valence-electron chi connectivity index (χ0n) is 23.1. The molecule has 3 aromatic carbocycles. The van der Waals surface area contributed by atoms with Crippen LogP contribution in [0.15, 0.2) is 77.3 Å². The maximum atomic E-state index is 13.4. The van der Waals surface area contributed by atoms with Crippen LogP contribution in [-0.4, -0.2) is 11.2 Å². The average molecular weight is 530 g/mol. The largest absolute Gasteiger partial charge is 0.454 e. The van der Waals surface area contributed by atoms with Crippen molar-refractivity contribution in [3.05, 3.63) is 89.6 Å². The molecule has 5 aromatic rings. The van der Waals surface area contributed by atoms with Crippen molar-refractivity contribution in [2.24, 2.45) is 5.41 Å². The monoisotopic (exact) mass is 529 g/mol. The van der Waals surface area contributed by atoms with Gasteiger partial charge in [-0.2, -0.15) is 13.2 Å². The Labute approximate surface area is 227 Å². The zero-order chi connectivity index (χ0) is 27.9. The van der Waals surface area contributed by atoms with Crippen molar-refractivity contribution in [2.45, 2.75) is 66.0 Å². The van der Waals surface area contributed by atoms with Crippen LogP contribution in [-0.2, 0) is 6.42 Å². The van der Waals surface area contributed by atoms with Crippen molar-refractivity contribution in [1.82, 2.24) is 4.98 Å². The molecule has 0 aliphatic rings. The van der Waals surface area contributed by atoms with E-state index < -0.39 is 11.6 Å². The van der Waals surface area contributed by atoms with E-state index >= 15 is 0 Å². The Morgan fingerprint density at radius 3 is 2.31 bits per heavy atom. The molecule has 5 rings (SSSR count). The summed E-state index contributed by atoms with van der Waals surface area (Å²) < 4.78 is 46.7. The molecule has 0 unspecified atom stereocenters. The number of rotatable bonds is 7. The second-order valence-electron chi connectivity index (χ2n) is 11.2. The van der Waals surface area contributed by atoms with Gasteiger partial charge in [-0.1, -0.05) is 70.2 Å². The van der Waals surface area contributed by atoms with Gasteiger partial charge >= 0.3 is 6.18 Å². The number of furan rings is 1. The lowest BCUT2D eigenvalue weighted by molar-refractivity contribution is -0.211. The number of aryl methyl sites for hydroxylation is 1. The van der Waals surface area contributed by atoms with E-state index in [4.69, 9.17) is 9.40 Å². The van der Waals surface area contributed by atoms with Crippen molar-refractivity contribution in [3.8, 4) is 22.6 Å². The highest BCUT2D eigenvalue weighted by atomic mass is 19.4. The number of nitrogens with zero attached hydrogens (tertiary/aromatic N) is 1. The Bertz CT molecular complexity index is 1640. The number of halogens is 3. The third-order valence-corrected chi connectivity index (χ3v) is 8.00. The van der Waals surface area contributed by atoms with Crippen molar-refractivity contribution in [3.63, 3.8) is 0 Å². The topological polar surface area (TPSA) is 26.0 Å². The molecule has 0 N–H and O–H groups in total. The fourth-order valence-electron chi connectivity index (χ4n) is 5.57. The van der Waals surface area contributed by atoms with Crippen LogP contribution in [0.4, 0.5) is 13.2 Å². The summed E-state index contributed by atoms with van der Waals surface area (Å²) in [5.74, 6) is 1.13. The van der Waals surface area contributed by atoms with Gasteiger partial charge in [0.25, 0.3) is 0 Å². The number of alkyl halides is 3. The first-order valence-electron chi connectivity index (χ1n) is 13.6. The number of pyridine rings is 1. The zero-order valence-corrected chi connectivity index (χ0v) is 23.1. The van der Waals surface area contributed by atoms with Crippen LogP contribution in [0.5, 0.6) is 0 Å². The second kappa shape index (κ2) is 10.2. The Kier molecular flexibility index (Phi) is 7.04. The van der Waals surface area contributed by atoms with Crippen molar-refractivity contribution in [1.29, 1.82) is 0 Å². The Morgan fingerprint density at radius 2 is 1.62 bits per heavy atom. The molecule has 2 heterocycles. The summed E-state index contributed by atoms with van der Waals surface area (Å²) in [6, 6.07) is 22.3. The SMILES string of the molecule is CCC(CC)c1cc(-c2nccc3cc(-c4ccc(CC(C)(C)C(F)(F)F)cc4C)oc23)cc2ccccc12. The molecule has 0 saturated heterocycles. The number of fused-ring (bicyclic) bond motifs is 2. The van der Waals surface area contributed by atoms with Crippen molar-refractivity contribution in [2.75, 3.05) is 0 Å². The first-order chi connectivity index (χ1) is 18.5. The van der Waals surface area contributed by atoms with Crippen LogP contribution in [0, 0.1) is 12.3 Å². The van der Waals surface area contributed by atoms with E-state index in [1.807, 2.05) is 31.2 Å². The molecular formula is C34H34F3NO. The fraction of sp³-hybridized carbons (Fsp3) is 0.324. The van der Waals surface area contributed by atoms with Crippen LogP contribution >= 0.6 is 0 Å². The van der Waals surface area contributed by atoms with Gasteiger partial charge in [-0.25, -0.2) is 0 Å². The van der Waals surface area contributed by atoms with E-state index in [9.17, 15) is 13.2 Å². The van der Waals surface area contributed by atoms with E-state index in [0.717, 1.165) is 40.6 Å². The molecule has 0 fully saturated rings. The molecule has 2 aromatic heterocycles. The van der Waals surface area contributed by atoms with Gasteiger partial charge in [0.2, 0.25) is 0 Å². The van der Waals surface area contributed by atoms with Crippen LogP contribution in [0.1, 0.15) is 63.1 Å². The van der Waals surface area contributed by atoms with E-state index in [1.165, 1.54) is 30.2 Å². The van der Waals surface area contributed by atoms with Crippen LogP contribution in [0.25, 0.3) is 44.3 Å². The Morgan fingerprint density at radius 1 is 0.872 bits per heavy atom. The highest BCUT2D eigenvalue weighted by molar-refractivity contribution is 5.97. The summed E-state index contributed by atoms with van der Waals surface area (Å²) in [6.45, 7) is 8.85. The van der Waals surface area contributed by atoms with Crippen LogP contribution in [0.3, 0.4) is 0 Å². The van der Waals surface area contributed by atoms with Crippen molar-refractivity contribution >= 4 is 21.7 Å². The molecule has 0 spiro atoms. The molecule has 0 amide bonds. The molecule has 0 atom stereocenters. The van der Waals surface area contributed by atoms with Gasteiger partial charge < -0.3 is 4.42 Å². The maximum Gasteiger partial charge on any atom is 0.394 e. The molecule has 2 nitrogen and oxygen atoms in total. The lowest BCUT2D eigenvalue weighted by atomic mass is 9.84. The smallest absolute Gasteiger partial charge is 0.394 e. The molecule has 0 bridgehead atoms. The second-order valence-corrected chi connectivity index (χ2v) is 11.2. The van der Waals surface area contributed by atoms with Crippen molar-refractivity contribution < 1.29 is 17.6 Å². The van der Waals surface area contributed by atoms with Gasteiger partial charge in [0, 0.05) is 22.7 Å². The minimum Gasteiger partial charge on any atom is -0.454 e. The lowest BCUT2D eigenvalue weighted by Crippen LogP contribution is -2.34. The maximum absolute atomic E-state index is 13.4. The molecule has 202 valence electrons. The summed E-state index contributed by atoms with van der Waals surface area (Å²) in [5.41, 5.74) is 4.44. The molecule has 0 radical (unpaired) electrons. The number of aromatic nitrogens is 1. The van der Waals surface area contributed by atoms with Gasteiger partial charge in [0.05, 0.1) is 5.41 Å². The number of hydrogen-bond donors (Lipinski definition) is 0. The van der Waals surface area contributed by atoms with E-state index in [-0.39, 0.29) is 6.42 Å². The summed E-state index contributed by atoms with van der Waals surface area (Å²) >= 11 is 0. The molecule has 0 aliphatic carbocycles. The highest BCUT2D eigenvalue weighted by Gasteiger charge is 2.47. The summed E-state index contributed by atoms with van der Waals surface area (Å²) in [4.78, 5) is 4.74. The van der Waals surface area contributed by atoms with E-state index in [0.29, 0.717) is 22.8 Å². The Hall–Kier alpha value is -3.60. The quantitative estimate of drug-likeness (QED) is 0.210. The summed E-state index contributed by atoms with van der Waals surface area (Å²) in [5, 5.41) is 3.39. The predicted octanol–water partition coefficient (Wildman–Crippen LogP) is 10.7. The van der Waals surface area contributed by atoms with Gasteiger partial charge in [-0.15, -0.1) is 0 Å². The van der Waals surface area contributed by atoms with Crippen LogP contribution in [0.2, 0.25) is 0 Å². The molecule has 0 aliphatic heterocycles. The minimum atomic E-state index is -4.27. The number of benzene rings is 3. The minimum absolute atomic E-state index is 0.0768. The van der Waals surface area contributed by atoms with Gasteiger partial charge in [-0.3, -0.25) is 4.98 Å². The Balaban J connectivity index is 1.58. The molecule has 39 heavy (non-hydrogen) atoms. The van der Waals surface area contributed by atoms with Gasteiger partial charge in [-0.05, 0) is 83.8 Å². The fourth-order valence-corrected chi connectivity index (χ4v) is 5.57. The molecule has 5 heteroatoms. The number of hydrogen-bond acceptors (Lipinski definition) is 2. The van der Waals surface area contributed by atoms with Gasteiger partial charge in [0.15, 0.2) is 5.58 Å². The first-order valence-corrected chi connectivity index (χ1v) is 13.6. The molecule has 0 saturated carbocycles. The molecular weight excluding hydrogens is 495 g/mol. The standard InChI is InChI=1S/C34H34F3NO/c1-6-23(7-2)29-18-26(17-24-10-8-9-11-28(24)29)31-32-25(14-15-38-31)19-30(39-32)27-13-12-22(16-21(27)3)20-33(4,5)34(35,36)37/h8-19,23H,6-7,20H2,1-5H3. The third kappa shape index (κ3) is 5.07. The predicted molar refractivity (Wildman–Crippen MR) is 154 cm³/mol. The average Bonchev–Trinajstić information content (AvgIpc) is 3.32. The lowest BCUT2D eigenvalue weighted by Gasteiger charge is -2.28. The third-order valence-electron chi connectivity index (χ3n) is 8.00. The highest BCUT2D eigenvalue weighted by Crippen LogP contribution is 2.42. The first kappa shape index (κ1) is 27.0. The summed E-state index contributed by atoms with van der Waals surface area (Å²) in [7, 11) is 0. The van der Waals surface area contributed by atoms with E-state index in [2.05, 4.69) is 50.2 Å². The normalized spacial score (nSPS) is 12.6.